The van der Waals surface area contributed by atoms with E-state index in [9.17, 15) is 20.0 Å². The summed E-state index contributed by atoms with van der Waals surface area (Å²) in [6.07, 6.45) is -0.334. The highest BCUT2D eigenvalue weighted by Crippen LogP contribution is 2.34. The molecule has 1 unspecified atom stereocenters. The summed E-state index contributed by atoms with van der Waals surface area (Å²) in [7, 11) is 0. The number of carbonyl (C=O) groups is 2. The van der Waals surface area contributed by atoms with Gasteiger partial charge in [0.15, 0.2) is 6.61 Å². The van der Waals surface area contributed by atoms with E-state index in [-0.39, 0.29) is 25.6 Å². The van der Waals surface area contributed by atoms with Crippen LogP contribution in [0, 0.1) is 17.2 Å². The Balaban J connectivity index is 1.14. The third-order valence-electron chi connectivity index (χ3n) is 6.35. The number of cyclic esters (lactones) is 1. The van der Waals surface area contributed by atoms with E-state index in [0.717, 1.165) is 24.0 Å². The SMILES string of the molecule is N#Cc1cccc2c1CC(CNC[C@H](O)[C@@H]1CN(c3ccc4c(c3)NC(=O)CO4)C(=O)O1)C2. The van der Waals surface area contributed by atoms with Crippen molar-refractivity contribution in [3.8, 4) is 11.8 Å². The average Bonchev–Trinajstić information content (AvgIpc) is 3.41. The van der Waals surface area contributed by atoms with Gasteiger partial charge >= 0.3 is 6.09 Å². The van der Waals surface area contributed by atoms with Gasteiger partial charge in [-0.25, -0.2) is 4.79 Å². The van der Waals surface area contributed by atoms with Crippen molar-refractivity contribution in [3.05, 3.63) is 53.1 Å². The minimum absolute atomic E-state index is 0.0359. The molecule has 1 saturated heterocycles. The van der Waals surface area contributed by atoms with Crippen molar-refractivity contribution >= 4 is 23.4 Å². The molecule has 1 fully saturated rings. The second kappa shape index (κ2) is 8.73. The number of rotatable bonds is 6. The molecule has 2 aromatic carbocycles. The fraction of sp³-hybridized carbons (Fsp3) is 0.375. The molecule has 0 saturated carbocycles. The highest BCUT2D eigenvalue weighted by Gasteiger charge is 2.37. The lowest BCUT2D eigenvalue weighted by molar-refractivity contribution is -0.118. The maximum Gasteiger partial charge on any atom is 0.414 e. The second-order valence-corrected chi connectivity index (χ2v) is 8.61. The first-order chi connectivity index (χ1) is 16.0. The number of ether oxygens (including phenoxy) is 2. The van der Waals surface area contributed by atoms with Crippen LogP contribution in [0.4, 0.5) is 16.2 Å². The van der Waals surface area contributed by atoms with Crippen LogP contribution in [0.5, 0.6) is 5.75 Å². The second-order valence-electron chi connectivity index (χ2n) is 8.61. The van der Waals surface area contributed by atoms with Crippen molar-refractivity contribution in [2.45, 2.75) is 25.0 Å². The van der Waals surface area contributed by atoms with Crippen molar-refractivity contribution in [1.82, 2.24) is 5.32 Å². The summed E-state index contributed by atoms with van der Waals surface area (Å²) in [5, 5.41) is 25.9. The Morgan fingerprint density at radius 2 is 2.15 bits per heavy atom. The average molecular weight is 448 g/mol. The van der Waals surface area contributed by atoms with Gasteiger partial charge in [-0.2, -0.15) is 5.26 Å². The topological polar surface area (TPSA) is 124 Å². The maximum atomic E-state index is 12.4. The Kier molecular flexibility index (Phi) is 5.62. The number of nitrogens with zero attached hydrogens (tertiary/aromatic N) is 2. The zero-order chi connectivity index (χ0) is 22.9. The molecule has 2 aromatic rings. The summed E-state index contributed by atoms with van der Waals surface area (Å²) < 4.78 is 10.7. The van der Waals surface area contributed by atoms with Crippen molar-refractivity contribution < 1.29 is 24.2 Å². The molecule has 2 aliphatic heterocycles. The molecule has 170 valence electrons. The number of fused-ring (bicyclic) bond motifs is 2. The predicted octanol–water partition coefficient (Wildman–Crippen LogP) is 1.58. The fourth-order valence-corrected chi connectivity index (χ4v) is 4.69. The summed E-state index contributed by atoms with van der Waals surface area (Å²) >= 11 is 0. The Labute approximate surface area is 190 Å². The highest BCUT2D eigenvalue weighted by atomic mass is 16.6. The summed E-state index contributed by atoms with van der Waals surface area (Å²) in [5.74, 6) is 0.650. The van der Waals surface area contributed by atoms with E-state index in [0.29, 0.717) is 29.6 Å². The van der Waals surface area contributed by atoms with E-state index in [1.165, 1.54) is 10.5 Å². The molecule has 3 aliphatic rings. The van der Waals surface area contributed by atoms with Gasteiger partial charge in [0.1, 0.15) is 18.0 Å². The molecule has 0 bridgehead atoms. The molecule has 2 heterocycles. The van der Waals surface area contributed by atoms with Gasteiger partial charge < -0.3 is 25.2 Å². The first kappa shape index (κ1) is 21.2. The molecule has 9 heteroatoms. The minimum atomic E-state index is -0.863. The molecule has 1 aliphatic carbocycles. The smallest absolute Gasteiger partial charge is 0.414 e. The molecule has 9 nitrogen and oxygen atoms in total. The zero-order valence-electron chi connectivity index (χ0n) is 17.9. The standard InChI is InChI=1S/C24H24N4O5/c25-9-16-3-1-2-15-6-14(7-18(15)16)10-26-11-20(29)22-12-28(24(31)33-22)17-4-5-21-19(8-17)27-23(30)13-32-21/h1-5,8,14,20,22,26,29H,6-7,10-13H2,(H,27,30)/t14?,20-,22-/m0/s1. The van der Waals surface area contributed by atoms with Crippen LogP contribution in [0.25, 0.3) is 0 Å². The van der Waals surface area contributed by atoms with E-state index < -0.39 is 18.3 Å². The molecule has 33 heavy (non-hydrogen) atoms. The number of anilines is 2. The van der Waals surface area contributed by atoms with E-state index in [1.54, 1.807) is 18.2 Å². The number of hydrogen-bond acceptors (Lipinski definition) is 7. The van der Waals surface area contributed by atoms with Gasteiger partial charge in [-0.15, -0.1) is 0 Å². The number of aliphatic hydroxyl groups is 1. The first-order valence-corrected chi connectivity index (χ1v) is 11.0. The van der Waals surface area contributed by atoms with Gasteiger partial charge in [0, 0.05) is 12.2 Å². The van der Waals surface area contributed by atoms with Gasteiger partial charge in [0.05, 0.1) is 23.9 Å². The Bertz CT molecular complexity index is 1140. The van der Waals surface area contributed by atoms with E-state index in [4.69, 9.17) is 9.47 Å². The Morgan fingerprint density at radius 1 is 1.27 bits per heavy atom. The van der Waals surface area contributed by atoms with Gasteiger partial charge in [0.25, 0.3) is 5.91 Å². The summed E-state index contributed by atoms with van der Waals surface area (Å²) in [6.45, 7) is 1.16. The molecule has 0 radical (unpaired) electrons. The van der Waals surface area contributed by atoms with Crippen LogP contribution in [-0.4, -0.2) is 55.6 Å². The lowest BCUT2D eigenvalue weighted by Crippen LogP contribution is -2.40. The largest absolute Gasteiger partial charge is 0.482 e. The van der Waals surface area contributed by atoms with E-state index >= 15 is 0 Å². The third kappa shape index (κ3) is 4.23. The monoisotopic (exact) mass is 448 g/mol. The quantitative estimate of drug-likeness (QED) is 0.613. The normalized spacial score (nSPS) is 22.0. The zero-order valence-corrected chi connectivity index (χ0v) is 17.9. The number of carbonyl (C=O) groups excluding carboxylic acids is 2. The third-order valence-corrected chi connectivity index (χ3v) is 6.35. The van der Waals surface area contributed by atoms with Gasteiger partial charge in [-0.3, -0.25) is 9.69 Å². The molecular weight excluding hydrogens is 424 g/mol. The Morgan fingerprint density at radius 3 is 3.00 bits per heavy atom. The number of aliphatic hydroxyl groups excluding tert-OH is 1. The Hall–Kier alpha value is -3.61. The lowest BCUT2D eigenvalue weighted by atomic mass is 10.0. The van der Waals surface area contributed by atoms with Crippen LogP contribution in [0.1, 0.15) is 16.7 Å². The van der Waals surface area contributed by atoms with Crippen LogP contribution in [0.15, 0.2) is 36.4 Å². The number of amides is 2. The van der Waals surface area contributed by atoms with Crippen LogP contribution in [0.2, 0.25) is 0 Å². The molecule has 3 atom stereocenters. The number of benzene rings is 2. The highest BCUT2D eigenvalue weighted by molar-refractivity contribution is 5.97. The summed E-state index contributed by atoms with van der Waals surface area (Å²) in [6, 6.07) is 13.2. The molecule has 3 N–H and O–H groups in total. The molecule has 0 aromatic heterocycles. The molecule has 0 spiro atoms. The molecule has 2 amide bonds. The number of nitriles is 1. The van der Waals surface area contributed by atoms with Crippen LogP contribution in [0.3, 0.4) is 0 Å². The van der Waals surface area contributed by atoms with Crippen LogP contribution in [-0.2, 0) is 22.4 Å². The van der Waals surface area contributed by atoms with Crippen molar-refractivity contribution in [2.75, 3.05) is 36.5 Å². The van der Waals surface area contributed by atoms with Crippen molar-refractivity contribution in [1.29, 1.82) is 5.26 Å². The summed E-state index contributed by atoms with van der Waals surface area (Å²) in [4.78, 5) is 25.4. The maximum absolute atomic E-state index is 12.4. The van der Waals surface area contributed by atoms with Crippen molar-refractivity contribution in [2.24, 2.45) is 5.92 Å². The summed E-state index contributed by atoms with van der Waals surface area (Å²) in [5.41, 5.74) is 4.14. The fourth-order valence-electron chi connectivity index (χ4n) is 4.69. The van der Waals surface area contributed by atoms with Gasteiger partial charge in [0.2, 0.25) is 0 Å². The van der Waals surface area contributed by atoms with E-state index in [2.05, 4.69) is 22.8 Å². The number of nitrogens with one attached hydrogen (secondary N) is 2. The predicted molar refractivity (Wildman–Crippen MR) is 119 cm³/mol. The van der Waals surface area contributed by atoms with Crippen LogP contribution >= 0.6 is 0 Å². The van der Waals surface area contributed by atoms with Crippen molar-refractivity contribution in [3.63, 3.8) is 0 Å². The molecular formula is C24H24N4O5. The van der Waals surface area contributed by atoms with Crippen LogP contribution < -0.4 is 20.3 Å². The first-order valence-electron chi connectivity index (χ1n) is 11.0. The van der Waals surface area contributed by atoms with E-state index in [1.807, 2.05) is 12.1 Å². The number of hydrogen-bond donors (Lipinski definition) is 3. The minimum Gasteiger partial charge on any atom is -0.482 e. The van der Waals surface area contributed by atoms with Gasteiger partial charge in [-0.05, 0) is 60.7 Å². The molecule has 5 rings (SSSR count). The van der Waals surface area contributed by atoms with Gasteiger partial charge in [-0.1, -0.05) is 12.1 Å². The lowest BCUT2D eigenvalue weighted by Gasteiger charge is -2.21.